The van der Waals surface area contributed by atoms with Crippen molar-refractivity contribution in [1.29, 1.82) is 0 Å². The molecule has 0 aliphatic carbocycles. The van der Waals surface area contributed by atoms with Gasteiger partial charge in [0.1, 0.15) is 4.88 Å². The Morgan fingerprint density at radius 1 is 1.26 bits per heavy atom. The summed E-state index contributed by atoms with van der Waals surface area (Å²) in [6, 6.07) is 5.83. The molecule has 8 nitrogen and oxygen atoms in total. The molecule has 0 radical (unpaired) electrons. The summed E-state index contributed by atoms with van der Waals surface area (Å²) < 4.78 is 34.0. The number of thiazole rings is 1. The Balaban J connectivity index is 1.84. The van der Waals surface area contributed by atoms with Crippen molar-refractivity contribution in [2.45, 2.75) is 38.5 Å². The number of esters is 1. The number of piperidine rings is 1. The molecule has 1 aromatic heterocycles. The van der Waals surface area contributed by atoms with Crippen molar-refractivity contribution in [2.24, 2.45) is 18.0 Å². The van der Waals surface area contributed by atoms with Crippen LogP contribution in [0.3, 0.4) is 0 Å². The van der Waals surface area contributed by atoms with E-state index in [0.29, 0.717) is 34.4 Å². The maximum Gasteiger partial charge on any atom is 0.350 e. The van der Waals surface area contributed by atoms with Crippen molar-refractivity contribution < 1.29 is 22.7 Å². The molecule has 10 heteroatoms. The maximum absolute atomic E-state index is 12.9. The average molecular weight is 466 g/mol. The van der Waals surface area contributed by atoms with E-state index in [9.17, 15) is 18.0 Å². The van der Waals surface area contributed by atoms with E-state index in [0.717, 1.165) is 24.2 Å². The van der Waals surface area contributed by atoms with E-state index in [1.807, 2.05) is 6.92 Å². The van der Waals surface area contributed by atoms with Crippen molar-refractivity contribution >= 4 is 33.2 Å². The van der Waals surface area contributed by atoms with E-state index in [-0.39, 0.29) is 17.1 Å². The first-order chi connectivity index (χ1) is 14.6. The number of carbonyl (C=O) groups excluding carboxylic acids is 2. The van der Waals surface area contributed by atoms with Gasteiger partial charge in [-0.3, -0.25) is 4.79 Å². The Bertz CT molecular complexity index is 1150. The third-order valence-corrected chi connectivity index (χ3v) is 8.42. The molecule has 2 heterocycles. The van der Waals surface area contributed by atoms with E-state index in [4.69, 9.17) is 4.74 Å². The Hall–Kier alpha value is -2.30. The van der Waals surface area contributed by atoms with Gasteiger partial charge in [0.25, 0.3) is 5.91 Å². The van der Waals surface area contributed by atoms with Crippen LogP contribution in [-0.2, 0) is 21.8 Å². The van der Waals surface area contributed by atoms with E-state index in [1.54, 1.807) is 25.5 Å². The number of sulfonamides is 1. The fourth-order valence-corrected chi connectivity index (χ4v) is 6.06. The molecule has 2 aromatic rings. The third kappa shape index (κ3) is 4.97. The number of amides is 1. The van der Waals surface area contributed by atoms with Crippen LogP contribution in [0.2, 0.25) is 0 Å². The number of carbonyl (C=O) groups is 2. The van der Waals surface area contributed by atoms with Gasteiger partial charge in [0.05, 0.1) is 11.5 Å². The first kappa shape index (κ1) is 23.4. The minimum Gasteiger partial charge on any atom is -0.462 e. The molecule has 1 aliphatic heterocycles. The van der Waals surface area contributed by atoms with Crippen molar-refractivity contribution in [1.82, 2.24) is 8.87 Å². The van der Waals surface area contributed by atoms with Gasteiger partial charge < -0.3 is 9.30 Å². The number of hydrogen-bond acceptors (Lipinski definition) is 6. The fourth-order valence-electron chi connectivity index (χ4n) is 3.45. The standard InChI is InChI=1S/C21H27N3O5S2/c1-5-29-20(26)18-15(3)23(4)21(30-18)22-19(25)16-8-10-17(11-9-16)31(27,28)24-12-6-7-14(2)13-24/h8-11,14H,5-7,12-13H2,1-4H3. The third-order valence-electron chi connectivity index (χ3n) is 5.33. The molecular formula is C21H27N3O5S2. The smallest absolute Gasteiger partial charge is 0.350 e. The van der Waals surface area contributed by atoms with E-state index in [2.05, 4.69) is 4.99 Å². The van der Waals surface area contributed by atoms with Gasteiger partial charge in [0.2, 0.25) is 10.0 Å². The number of benzene rings is 1. The first-order valence-corrected chi connectivity index (χ1v) is 12.4. The molecule has 1 aliphatic rings. The molecule has 1 unspecified atom stereocenters. The normalized spacial score (nSPS) is 18.2. The van der Waals surface area contributed by atoms with Gasteiger partial charge in [-0.05, 0) is 56.9 Å². The topological polar surface area (TPSA) is 98.0 Å². The summed E-state index contributed by atoms with van der Waals surface area (Å²) in [6.45, 7) is 6.81. The summed E-state index contributed by atoms with van der Waals surface area (Å²) in [5.74, 6) is -0.628. The highest BCUT2D eigenvalue weighted by Gasteiger charge is 2.28. The summed E-state index contributed by atoms with van der Waals surface area (Å²) in [5.41, 5.74) is 0.932. The largest absolute Gasteiger partial charge is 0.462 e. The minimum absolute atomic E-state index is 0.167. The second kappa shape index (κ2) is 9.46. The zero-order valence-corrected chi connectivity index (χ0v) is 19.8. The zero-order valence-electron chi connectivity index (χ0n) is 18.1. The van der Waals surface area contributed by atoms with Crippen molar-refractivity contribution in [3.05, 3.63) is 45.2 Å². The highest BCUT2D eigenvalue weighted by molar-refractivity contribution is 7.89. The highest BCUT2D eigenvalue weighted by Crippen LogP contribution is 2.23. The monoisotopic (exact) mass is 465 g/mol. The van der Waals surface area contributed by atoms with E-state index >= 15 is 0 Å². The Kier molecular flexibility index (Phi) is 7.13. The van der Waals surface area contributed by atoms with Crippen LogP contribution in [-0.4, -0.2) is 48.9 Å². The number of nitrogens with zero attached hydrogens (tertiary/aromatic N) is 3. The van der Waals surface area contributed by atoms with Gasteiger partial charge in [-0.15, -0.1) is 0 Å². The molecule has 0 N–H and O–H groups in total. The molecule has 0 saturated carbocycles. The average Bonchev–Trinajstić information content (AvgIpc) is 3.02. The molecule has 3 rings (SSSR count). The van der Waals surface area contributed by atoms with Gasteiger partial charge in [0.15, 0.2) is 4.80 Å². The zero-order chi connectivity index (χ0) is 22.8. The van der Waals surface area contributed by atoms with Gasteiger partial charge in [-0.25, -0.2) is 13.2 Å². The summed E-state index contributed by atoms with van der Waals surface area (Å²) in [7, 11) is -1.86. The van der Waals surface area contributed by atoms with Gasteiger partial charge in [-0.2, -0.15) is 9.30 Å². The van der Waals surface area contributed by atoms with E-state index in [1.165, 1.54) is 28.6 Å². The predicted molar refractivity (Wildman–Crippen MR) is 117 cm³/mol. The van der Waals surface area contributed by atoms with Crippen molar-refractivity contribution in [3.8, 4) is 0 Å². The van der Waals surface area contributed by atoms with Crippen LogP contribution in [0, 0.1) is 12.8 Å². The Morgan fingerprint density at radius 2 is 1.94 bits per heavy atom. The van der Waals surface area contributed by atoms with E-state index < -0.39 is 21.9 Å². The van der Waals surface area contributed by atoms with Crippen LogP contribution in [0.1, 0.15) is 52.4 Å². The lowest BCUT2D eigenvalue weighted by atomic mass is 10.0. The molecule has 168 valence electrons. The van der Waals surface area contributed by atoms with Gasteiger partial charge in [-0.1, -0.05) is 18.3 Å². The van der Waals surface area contributed by atoms with Gasteiger partial charge in [0, 0.05) is 31.4 Å². The molecule has 1 fully saturated rings. The maximum atomic E-state index is 12.9. The first-order valence-electron chi connectivity index (χ1n) is 10.2. The molecule has 1 amide bonds. The Morgan fingerprint density at radius 3 is 2.55 bits per heavy atom. The lowest BCUT2D eigenvalue weighted by molar-refractivity contribution is 0.0530. The quantitative estimate of drug-likeness (QED) is 0.633. The minimum atomic E-state index is -3.58. The van der Waals surface area contributed by atoms with Crippen LogP contribution in [0.25, 0.3) is 0 Å². The molecule has 1 saturated heterocycles. The SMILES string of the molecule is CCOC(=O)c1sc(=NC(=O)c2ccc(S(=O)(=O)N3CCCC(C)C3)cc2)n(C)c1C. The molecule has 0 bridgehead atoms. The van der Waals surface area contributed by atoms with Crippen molar-refractivity contribution in [2.75, 3.05) is 19.7 Å². The highest BCUT2D eigenvalue weighted by atomic mass is 32.2. The molecular weight excluding hydrogens is 438 g/mol. The molecule has 31 heavy (non-hydrogen) atoms. The molecule has 1 atom stereocenters. The Labute approximate surface area is 186 Å². The van der Waals surface area contributed by atoms with Gasteiger partial charge >= 0.3 is 5.97 Å². The summed E-state index contributed by atoms with van der Waals surface area (Å²) in [6.07, 6.45) is 1.87. The predicted octanol–water partition coefficient (Wildman–Crippen LogP) is 2.73. The molecule has 0 spiro atoms. The number of aromatic nitrogens is 1. The second-order valence-corrected chi connectivity index (χ2v) is 10.5. The van der Waals surface area contributed by atoms with Crippen LogP contribution in [0.15, 0.2) is 34.2 Å². The van der Waals surface area contributed by atoms with Crippen LogP contribution in [0.4, 0.5) is 0 Å². The summed E-state index contributed by atoms with van der Waals surface area (Å²) in [4.78, 5) is 29.7. The second-order valence-electron chi connectivity index (χ2n) is 7.63. The lowest BCUT2D eigenvalue weighted by Gasteiger charge is -2.30. The number of hydrogen-bond donors (Lipinski definition) is 0. The fraction of sp³-hybridized carbons (Fsp3) is 0.476. The van der Waals surface area contributed by atoms with Crippen LogP contribution < -0.4 is 4.80 Å². The number of rotatable bonds is 5. The van der Waals surface area contributed by atoms with Crippen LogP contribution in [0.5, 0.6) is 0 Å². The summed E-state index contributed by atoms with van der Waals surface area (Å²) in [5, 5.41) is 0. The summed E-state index contributed by atoms with van der Waals surface area (Å²) >= 11 is 1.08. The lowest BCUT2D eigenvalue weighted by Crippen LogP contribution is -2.39. The van der Waals surface area contributed by atoms with Crippen molar-refractivity contribution in [3.63, 3.8) is 0 Å². The number of ether oxygens (including phenoxy) is 1. The molecule has 1 aromatic carbocycles. The van der Waals surface area contributed by atoms with Crippen LogP contribution >= 0.6 is 11.3 Å².